The summed E-state index contributed by atoms with van der Waals surface area (Å²) < 4.78 is 0. The first-order valence-electron chi connectivity index (χ1n) is 5.65. The normalized spacial score (nSPS) is 14.4. The van der Waals surface area contributed by atoms with Crippen molar-refractivity contribution < 1.29 is 0 Å². The van der Waals surface area contributed by atoms with Crippen LogP contribution in [0.25, 0.3) is 5.57 Å². The van der Waals surface area contributed by atoms with E-state index in [4.69, 9.17) is 0 Å². The minimum Gasteiger partial charge on any atom is -0.0760 e. The second kappa shape index (κ2) is 4.00. The van der Waals surface area contributed by atoms with E-state index in [9.17, 15) is 0 Å². The lowest BCUT2D eigenvalue weighted by atomic mass is 9.90. The Morgan fingerprint density at radius 2 is 1.86 bits per heavy atom. The van der Waals surface area contributed by atoms with E-state index < -0.39 is 0 Å². The predicted molar refractivity (Wildman–Crippen MR) is 62.2 cm³/mol. The number of allylic oxidation sites excluding steroid dienone is 2. The second-order valence-electron chi connectivity index (χ2n) is 4.03. The van der Waals surface area contributed by atoms with Gasteiger partial charge in [0.05, 0.1) is 0 Å². The van der Waals surface area contributed by atoms with Gasteiger partial charge in [0.15, 0.2) is 0 Å². The van der Waals surface area contributed by atoms with Crippen LogP contribution in [0, 0.1) is 5.92 Å². The van der Waals surface area contributed by atoms with E-state index in [1.54, 1.807) is 5.57 Å². The van der Waals surface area contributed by atoms with Crippen molar-refractivity contribution in [2.75, 3.05) is 0 Å². The van der Waals surface area contributed by atoms with Gasteiger partial charge in [-0.3, -0.25) is 0 Å². The highest BCUT2D eigenvalue weighted by molar-refractivity contribution is 5.74. The van der Waals surface area contributed by atoms with Gasteiger partial charge in [-0.1, -0.05) is 44.2 Å². The van der Waals surface area contributed by atoms with E-state index in [1.807, 2.05) is 0 Å². The fourth-order valence-electron chi connectivity index (χ4n) is 2.42. The molecule has 74 valence electrons. The predicted octanol–water partition coefficient (Wildman–Crippen LogP) is 4.06. The molecule has 1 aromatic rings. The zero-order chi connectivity index (χ0) is 9.97. The summed E-state index contributed by atoms with van der Waals surface area (Å²) >= 11 is 0. The maximum absolute atomic E-state index is 2.42. The molecule has 2 rings (SSSR count). The topological polar surface area (TPSA) is 0 Å². The van der Waals surface area contributed by atoms with E-state index in [1.165, 1.54) is 24.0 Å². The summed E-state index contributed by atoms with van der Waals surface area (Å²) in [6.07, 6.45) is 6.08. The van der Waals surface area contributed by atoms with Crippen LogP contribution in [0.3, 0.4) is 0 Å². The van der Waals surface area contributed by atoms with Crippen molar-refractivity contribution in [3.63, 3.8) is 0 Å². The molecule has 0 spiro atoms. The van der Waals surface area contributed by atoms with Crippen molar-refractivity contribution in [1.29, 1.82) is 0 Å². The first-order valence-corrected chi connectivity index (χ1v) is 5.65. The molecule has 0 radical (unpaired) electrons. The standard InChI is InChI=1S/C14H18/c1-3-11(4-2)14-10-9-12-7-5-6-8-13(12)14/h5-8,10-11H,3-4,9H2,1-2H3. The fourth-order valence-corrected chi connectivity index (χ4v) is 2.42. The molecule has 0 atom stereocenters. The summed E-state index contributed by atoms with van der Waals surface area (Å²) in [4.78, 5) is 0. The zero-order valence-electron chi connectivity index (χ0n) is 9.09. The molecule has 0 heterocycles. The van der Waals surface area contributed by atoms with E-state index in [0.29, 0.717) is 0 Å². The van der Waals surface area contributed by atoms with Gasteiger partial charge in [-0.25, -0.2) is 0 Å². The molecular weight excluding hydrogens is 168 g/mol. The van der Waals surface area contributed by atoms with E-state index in [2.05, 4.69) is 44.2 Å². The third kappa shape index (κ3) is 1.50. The lowest BCUT2D eigenvalue weighted by molar-refractivity contribution is 0.624. The summed E-state index contributed by atoms with van der Waals surface area (Å²) in [5.41, 5.74) is 4.60. The largest absolute Gasteiger partial charge is 0.0760 e. The van der Waals surface area contributed by atoms with E-state index >= 15 is 0 Å². The van der Waals surface area contributed by atoms with Crippen LogP contribution in [0.4, 0.5) is 0 Å². The van der Waals surface area contributed by atoms with Crippen LogP contribution in [-0.4, -0.2) is 0 Å². The molecular formula is C14H18. The number of benzene rings is 1. The highest BCUT2D eigenvalue weighted by Crippen LogP contribution is 2.35. The van der Waals surface area contributed by atoms with Gasteiger partial charge < -0.3 is 0 Å². The number of rotatable bonds is 3. The molecule has 0 aromatic heterocycles. The second-order valence-corrected chi connectivity index (χ2v) is 4.03. The maximum atomic E-state index is 2.42. The Hall–Kier alpha value is -1.04. The number of hydrogen-bond acceptors (Lipinski definition) is 0. The Bertz CT molecular complexity index is 343. The Kier molecular flexibility index (Phi) is 2.72. The Labute approximate surface area is 86.7 Å². The summed E-state index contributed by atoms with van der Waals surface area (Å²) in [6, 6.07) is 8.82. The summed E-state index contributed by atoms with van der Waals surface area (Å²) in [5.74, 6) is 0.763. The van der Waals surface area contributed by atoms with Crippen molar-refractivity contribution in [2.45, 2.75) is 33.1 Å². The lowest BCUT2D eigenvalue weighted by Gasteiger charge is -2.15. The smallest absolute Gasteiger partial charge is 0.00853 e. The first kappa shape index (κ1) is 9.51. The van der Waals surface area contributed by atoms with Crippen molar-refractivity contribution >= 4 is 5.57 Å². The average Bonchev–Trinajstić information content (AvgIpc) is 2.65. The molecule has 0 saturated carbocycles. The fraction of sp³-hybridized carbons (Fsp3) is 0.429. The molecule has 0 heteroatoms. The van der Waals surface area contributed by atoms with Crippen molar-refractivity contribution in [3.8, 4) is 0 Å². The minimum atomic E-state index is 0.763. The molecule has 1 aromatic carbocycles. The molecule has 0 saturated heterocycles. The molecule has 0 nitrogen and oxygen atoms in total. The summed E-state index contributed by atoms with van der Waals surface area (Å²) in [7, 11) is 0. The molecule has 14 heavy (non-hydrogen) atoms. The molecule has 0 unspecified atom stereocenters. The Morgan fingerprint density at radius 3 is 2.57 bits per heavy atom. The van der Waals surface area contributed by atoms with Crippen LogP contribution < -0.4 is 0 Å². The van der Waals surface area contributed by atoms with Gasteiger partial charge in [0.1, 0.15) is 0 Å². The van der Waals surface area contributed by atoms with Gasteiger partial charge in [0.2, 0.25) is 0 Å². The summed E-state index contributed by atoms with van der Waals surface area (Å²) in [5, 5.41) is 0. The van der Waals surface area contributed by atoms with Gasteiger partial charge in [-0.15, -0.1) is 0 Å². The zero-order valence-corrected chi connectivity index (χ0v) is 9.09. The van der Waals surface area contributed by atoms with Crippen LogP contribution >= 0.6 is 0 Å². The SMILES string of the molecule is CCC(CC)C1=CCc2ccccc21. The molecule has 0 fully saturated rings. The summed E-state index contributed by atoms with van der Waals surface area (Å²) in [6.45, 7) is 4.58. The molecule has 0 amide bonds. The molecule has 1 aliphatic carbocycles. The van der Waals surface area contributed by atoms with Crippen LogP contribution in [0.15, 0.2) is 30.3 Å². The van der Waals surface area contributed by atoms with Gasteiger partial charge in [0.25, 0.3) is 0 Å². The monoisotopic (exact) mass is 186 g/mol. The van der Waals surface area contributed by atoms with Crippen LogP contribution in [0.2, 0.25) is 0 Å². The molecule has 1 aliphatic rings. The molecule has 0 bridgehead atoms. The third-order valence-electron chi connectivity index (χ3n) is 3.30. The van der Waals surface area contributed by atoms with Gasteiger partial charge >= 0.3 is 0 Å². The van der Waals surface area contributed by atoms with Crippen molar-refractivity contribution in [1.82, 2.24) is 0 Å². The maximum Gasteiger partial charge on any atom is -0.00853 e. The number of hydrogen-bond donors (Lipinski definition) is 0. The highest BCUT2D eigenvalue weighted by Gasteiger charge is 2.18. The van der Waals surface area contributed by atoms with Crippen LogP contribution in [0.5, 0.6) is 0 Å². The average molecular weight is 186 g/mol. The van der Waals surface area contributed by atoms with Gasteiger partial charge in [0, 0.05) is 0 Å². The third-order valence-corrected chi connectivity index (χ3v) is 3.30. The minimum absolute atomic E-state index is 0.763. The van der Waals surface area contributed by atoms with E-state index in [0.717, 1.165) is 12.3 Å². The van der Waals surface area contributed by atoms with Gasteiger partial charge in [-0.05, 0) is 41.9 Å². The van der Waals surface area contributed by atoms with Crippen molar-refractivity contribution in [3.05, 3.63) is 41.5 Å². The Morgan fingerprint density at radius 1 is 1.14 bits per heavy atom. The van der Waals surface area contributed by atoms with Crippen molar-refractivity contribution in [2.24, 2.45) is 5.92 Å². The van der Waals surface area contributed by atoms with Crippen LogP contribution in [0.1, 0.15) is 37.8 Å². The quantitative estimate of drug-likeness (QED) is 0.667. The molecule has 0 N–H and O–H groups in total. The van der Waals surface area contributed by atoms with Gasteiger partial charge in [-0.2, -0.15) is 0 Å². The van der Waals surface area contributed by atoms with E-state index in [-0.39, 0.29) is 0 Å². The lowest BCUT2D eigenvalue weighted by Crippen LogP contribution is -1.99. The first-order chi connectivity index (χ1) is 6.86. The number of fused-ring (bicyclic) bond motifs is 1. The highest BCUT2D eigenvalue weighted by atomic mass is 14.2. The van der Waals surface area contributed by atoms with Crippen LogP contribution in [-0.2, 0) is 6.42 Å². The Balaban J connectivity index is 2.32. The molecule has 0 aliphatic heterocycles.